The molecule has 0 spiro atoms. The lowest BCUT2D eigenvalue weighted by Crippen LogP contribution is -2.12. The van der Waals surface area contributed by atoms with Crippen molar-refractivity contribution < 1.29 is 4.79 Å². The molecular weight excluding hydrogens is 340 g/mol. The molecule has 5 nitrogen and oxygen atoms in total. The second-order valence-corrected chi connectivity index (χ2v) is 7.77. The molecule has 0 bridgehead atoms. The normalized spacial score (nSPS) is 10.7. The van der Waals surface area contributed by atoms with Crippen LogP contribution in [0, 0.1) is 27.7 Å². The van der Waals surface area contributed by atoms with E-state index in [9.17, 15) is 4.79 Å². The molecule has 2 N–H and O–H groups in total. The molecule has 0 saturated heterocycles. The smallest absolute Gasteiger partial charge is 0.267 e. The molecule has 0 aliphatic heterocycles. The minimum atomic E-state index is -0.149. The Morgan fingerprint density at radius 2 is 1.75 bits per heavy atom. The van der Waals surface area contributed by atoms with Crippen molar-refractivity contribution >= 4 is 44.5 Å². The van der Waals surface area contributed by atoms with Gasteiger partial charge in [0, 0.05) is 10.6 Å². The zero-order valence-corrected chi connectivity index (χ0v) is 15.6. The van der Waals surface area contributed by atoms with E-state index in [-0.39, 0.29) is 5.91 Å². The van der Waals surface area contributed by atoms with E-state index in [0.717, 1.165) is 27.6 Å². The van der Waals surface area contributed by atoms with Crippen LogP contribution in [0.4, 0.5) is 16.0 Å². The fraction of sp³-hybridized carbons (Fsp3) is 0.235. The summed E-state index contributed by atoms with van der Waals surface area (Å²) in [5.41, 5.74) is 3.95. The molecule has 24 heavy (non-hydrogen) atoms. The van der Waals surface area contributed by atoms with Crippen molar-refractivity contribution in [2.24, 2.45) is 0 Å². The van der Waals surface area contributed by atoms with Gasteiger partial charge >= 0.3 is 0 Å². The molecule has 0 fully saturated rings. The number of hydrogen-bond acceptors (Lipinski definition) is 6. The van der Waals surface area contributed by atoms with Crippen molar-refractivity contribution in [2.75, 3.05) is 10.6 Å². The van der Waals surface area contributed by atoms with Crippen LogP contribution in [0.15, 0.2) is 24.4 Å². The number of aromatic nitrogens is 2. The maximum atomic E-state index is 12.5. The van der Waals surface area contributed by atoms with Crippen molar-refractivity contribution in [3.8, 4) is 0 Å². The number of nitrogens with zero attached hydrogens (tertiary/aromatic N) is 2. The highest BCUT2D eigenvalue weighted by Crippen LogP contribution is 2.28. The molecule has 0 saturated carbocycles. The second kappa shape index (κ2) is 6.70. The van der Waals surface area contributed by atoms with Crippen LogP contribution in [0.5, 0.6) is 0 Å². The summed E-state index contributed by atoms with van der Waals surface area (Å²) < 4.78 is 0. The topological polar surface area (TPSA) is 66.9 Å². The van der Waals surface area contributed by atoms with E-state index in [1.165, 1.54) is 16.2 Å². The van der Waals surface area contributed by atoms with Gasteiger partial charge in [0.15, 0.2) is 10.3 Å². The van der Waals surface area contributed by atoms with Gasteiger partial charge in [0.2, 0.25) is 0 Å². The van der Waals surface area contributed by atoms with Gasteiger partial charge in [0.25, 0.3) is 5.91 Å². The van der Waals surface area contributed by atoms with Crippen molar-refractivity contribution in [2.45, 2.75) is 27.7 Å². The van der Waals surface area contributed by atoms with Crippen LogP contribution in [0.3, 0.4) is 0 Å². The standard InChI is InChI=1S/C17H18N4OS2/c1-9-6-5-7-10(2)14(9)20-15(22)13-8-18-16(24-13)21-17-19-11(3)12(4)23-17/h5-8H,1-4H3,(H,20,22)(H,18,19,21). The first-order chi connectivity index (χ1) is 11.4. The Balaban J connectivity index is 1.74. The number of rotatable bonds is 4. The number of hydrogen-bond donors (Lipinski definition) is 2. The van der Waals surface area contributed by atoms with Crippen LogP contribution < -0.4 is 10.6 Å². The van der Waals surface area contributed by atoms with E-state index in [4.69, 9.17) is 0 Å². The first-order valence-electron chi connectivity index (χ1n) is 7.48. The fourth-order valence-corrected chi connectivity index (χ4v) is 3.83. The van der Waals surface area contributed by atoms with E-state index in [1.54, 1.807) is 17.5 Å². The van der Waals surface area contributed by atoms with Gasteiger partial charge in [-0.05, 0) is 38.8 Å². The Kier molecular flexibility index (Phi) is 4.64. The fourth-order valence-electron chi connectivity index (χ4n) is 2.24. The Bertz CT molecular complexity index is 858. The molecule has 3 rings (SSSR count). The van der Waals surface area contributed by atoms with E-state index in [1.807, 2.05) is 45.9 Å². The van der Waals surface area contributed by atoms with Crippen molar-refractivity contribution in [3.05, 3.63) is 51.0 Å². The zero-order valence-electron chi connectivity index (χ0n) is 13.9. The third-order valence-electron chi connectivity index (χ3n) is 3.69. The molecule has 0 aliphatic carbocycles. The number of anilines is 3. The Hall–Kier alpha value is -2.25. The minimum absolute atomic E-state index is 0.149. The van der Waals surface area contributed by atoms with Gasteiger partial charge in [-0.3, -0.25) is 4.79 Å². The van der Waals surface area contributed by atoms with Gasteiger partial charge in [-0.2, -0.15) is 0 Å². The molecule has 1 amide bonds. The summed E-state index contributed by atoms with van der Waals surface area (Å²) in [4.78, 5) is 22.9. The van der Waals surface area contributed by atoms with Gasteiger partial charge < -0.3 is 10.6 Å². The van der Waals surface area contributed by atoms with Crippen LogP contribution in [0.25, 0.3) is 0 Å². The Morgan fingerprint density at radius 3 is 2.38 bits per heavy atom. The van der Waals surface area contributed by atoms with Crippen LogP contribution in [-0.2, 0) is 0 Å². The molecule has 1 aromatic carbocycles. The highest BCUT2D eigenvalue weighted by atomic mass is 32.1. The van der Waals surface area contributed by atoms with Crippen LogP contribution >= 0.6 is 22.7 Å². The monoisotopic (exact) mass is 358 g/mol. The predicted molar refractivity (Wildman–Crippen MR) is 101 cm³/mol. The van der Waals surface area contributed by atoms with Gasteiger partial charge in [-0.25, -0.2) is 9.97 Å². The van der Waals surface area contributed by atoms with E-state index < -0.39 is 0 Å². The van der Waals surface area contributed by atoms with Gasteiger partial charge in [0.1, 0.15) is 4.88 Å². The molecule has 3 aromatic rings. The van der Waals surface area contributed by atoms with Crippen molar-refractivity contribution in [1.29, 1.82) is 0 Å². The summed E-state index contributed by atoms with van der Waals surface area (Å²) in [6.07, 6.45) is 1.59. The number of amides is 1. The van der Waals surface area contributed by atoms with E-state index in [2.05, 4.69) is 20.6 Å². The average molecular weight is 358 g/mol. The van der Waals surface area contributed by atoms with Crippen LogP contribution in [0.2, 0.25) is 0 Å². The number of benzene rings is 1. The first-order valence-corrected chi connectivity index (χ1v) is 9.12. The quantitative estimate of drug-likeness (QED) is 0.701. The summed E-state index contributed by atoms with van der Waals surface area (Å²) >= 11 is 2.89. The lowest BCUT2D eigenvalue weighted by molar-refractivity contribution is 0.103. The minimum Gasteiger partial charge on any atom is -0.321 e. The summed E-state index contributed by atoms with van der Waals surface area (Å²) in [7, 11) is 0. The number of nitrogens with one attached hydrogen (secondary N) is 2. The molecule has 0 atom stereocenters. The summed E-state index contributed by atoms with van der Waals surface area (Å²) in [6.45, 7) is 7.97. The van der Waals surface area contributed by atoms with E-state index >= 15 is 0 Å². The van der Waals surface area contributed by atoms with Crippen LogP contribution in [-0.4, -0.2) is 15.9 Å². The summed E-state index contributed by atoms with van der Waals surface area (Å²) in [5, 5.41) is 7.59. The molecule has 0 radical (unpaired) electrons. The highest BCUT2D eigenvalue weighted by Gasteiger charge is 2.14. The maximum absolute atomic E-state index is 12.5. The second-order valence-electron chi connectivity index (χ2n) is 5.54. The number of thiazole rings is 2. The van der Waals surface area contributed by atoms with E-state index in [0.29, 0.717) is 10.0 Å². The molecule has 7 heteroatoms. The highest BCUT2D eigenvalue weighted by molar-refractivity contribution is 7.19. The van der Waals surface area contributed by atoms with Gasteiger partial charge in [0.05, 0.1) is 11.9 Å². The number of para-hydroxylation sites is 1. The first kappa shape index (κ1) is 16.6. The summed E-state index contributed by atoms with van der Waals surface area (Å²) in [6, 6.07) is 5.94. The molecule has 0 unspecified atom stereocenters. The molecule has 0 aliphatic rings. The zero-order chi connectivity index (χ0) is 17.3. The lowest BCUT2D eigenvalue weighted by atomic mass is 10.1. The van der Waals surface area contributed by atoms with Crippen molar-refractivity contribution in [1.82, 2.24) is 9.97 Å². The molecule has 2 aromatic heterocycles. The Labute approximate surface area is 148 Å². The third-order valence-corrected chi connectivity index (χ3v) is 5.59. The largest absolute Gasteiger partial charge is 0.321 e. The molecule has 124 valence electrons. The number of aryl methyl sites for hydroxylation is 4. The summed E-state index contributed by atoms with van der Waals surface area (Å²) in [5.74, 6) is -0.149. The van der Waals surface area contributed by atoms with Crippen LogP contribution in [0.1, 0.15) is 31.4 Å². The van der Waals surface area contributed by atoms with Gasteiger partial charge in [-0.15, -0.1) is 11.3 Å². The SMILES string of the molecule is Cc1cccc(C)c1NC(=O)c1cnc(Nc2nc(C)c(C)s2)s1. The van der Waals surface area contributed by atoms with Gasteiger partial charge in [-0.1, -0.05) is 29.5 Å². The molecule has 2 heterocycles. The molecular formula is C17H18N4OS2. The van der Waals surface area contributed by atoms with Crippen molar-refractivity contribution in [3.63, 3.8) is 0 Å². The number of carbonyl (C=O) groups excluding carboxylic acids is 1. The number of carbonyl (C=O) groups is 1. The average Bonchev–Trinajstić information content (AvgIpc) is 3.11. The third kappa shape index (κ3) is 3.47. The predicted octanol–water partition coefficient (Wildman–Crippen LogP) is 4.83. The lowest BCUT2D eigenvalue weighted by Gasteiger charge is -2.10. The maximum Gasteiger partial charge on any atom is 0.267 e. The Morgan fingerprint density at radius 1 is 1.04 bits per heavy atom.